The fourth-order valence-electron chi connectivity index (χ4n) is 4.01. The lowest BCUT2D eigenvalue weighted by Crippen LogP contribution is -2.43. The van der Waals surface area contributed by atoms with Gasteiger partial charge in [0.15, 0.2) is 11.5 Å². The highest BCUT2D eigenvalue weighted by molar-refractivity contribution is 5.86. The first-order valence-corrected chi connectivity index (χ1v) is 10.9. The number of H-pyrrole nitrogens is 2. The van der Waals surface area contributed by atoms with Crippen molar-refractivity contribution in [3.63, 3.8) is 0 Å². The minimum Gasteiger partial charge on any atom is -0.369 e. The summed E-state index contributed by atoms with van der Waals surface area (Å²) >= 11 is 0. The van der Waals surface area contributed by atoms with Gasteiger partial charge in [-0.25, -0.2) is 4.98 Å². The van der Waals surface area contributed by atoms with E-state index in [0.29, 0.717) is 29.4 Å². The number of carbonyl (C=O) groups excluding carboxylic acids is 1. The molecule has 0 bridgehead atoms. The number of benzene rings is 1. The van der Waals surface area contributed by atoms with Crippen LogP contribution in [-0.2, 0) is 4.79 Å². The Morgan fingerprint density at radius 1 is 1.19 bits per heavy atom. The van der Waals surface area contributed by atoms with E-state index in [2.05, 4.69) is 48.6 Å². The van der Waals surface area contributed by atoms with Gasteiger partial charge in [0.25, 0.3) is 0 Å². The first-order chi connectivity index (χ1) is 15.6. The zero-order valence-electron chi connectivity index (χ0n) is 18.4. The number of nitrogens with one attached hydrogen (secondary N) is 4. The molecule has 0 saturated heterocycles. The first kappa shape index (κ1) is 21.4. The van der Waals surface area contributed by atoms with Crippen molar-refractivity contribution in [1.29, 1.82) is 0 Å². The van der Waals surface area contributed by atoms with Gasteiger partial charge in [0, 0.05) is 28.8 Å². The van der Waals surface area contributed by atoms with E-state index < -0.39 is 0 Å². The Morgan fingerprint density at radius 2 is 2.03 bits per heavy atom. The SMILES string of the molecule is CC.CC1C=CCC(C(N)=O)C1Nc1nc(Nc2ccc3[nH]ccc3c2)nc2nc[nH]c12. The largest absolute Gasteiger partial charge is 0.369 e. The molecule has 3 atom stereocenters. The molecule has 1 aromatic carbocycles. The van der Waals surface area contributed by atoms with Gasteiger partial charge in [-0.2, -0.15) is 9.97 Å². The van der Waals surface area contributed by atoms with Crippen molar-refractivity contribution in [3.05, 3.63) is 48.9 Å². The Balaban J connectivity index is 0.00000119. The van der Waals surface area contributed by atoms with Crippen molar-refractivity contribution >= 4 is 45.4 Å². The standard InChI is InChI=1S/C21H22N8O.C2H6/c1-11-3-2-4-14(18(22)30)16(11)27-20-17-19(25-10-24-17)28-21(29-20)26-13-5-6-15-12(9-13)7-8-23-15;1-2/h2-3,5-11,14,16,23H,4H2,1H3,(H2,22,30)(H3,24,25,26,27,28,29);1-2H3. The van der Waals surface area contributed by atoms with Gasteiger partial charge in [-0.15, -0.1) is 0 Å². The maximum Gasteiger partial charge on any atom is 0.231 e. The Bertz CT molecular complexity index is 1260. The summed E-state index contributed by atoms with van der Waals surface area (Å²) in [4.78, 5) is 31.7. The number of nitrogens with two attached hydrogens (primary N) is 1. The van der Waals surface area contributed by atoms with E-state index in [0.717, 1.165) is 16.6 Å². The summed E-state index contributed by atoms with van der Waals surface area (Å²) in [5.41, 5.74) is 8.80. The van der Waals surface area contributed by atoms with Crippen LogP contribution >= 0.6 is 0 Å². The van der Waals surface area contributed by atoms with Crippen molar-refractivity contribution in [1.82, 2.24) is 24.9 Å². The van der Waals surface area contributed by atoms with E-state index >= 15 is 0 Å². The van der Waals surface area contributed by atoms with Crippen LogP contribution in [0.25, 0.3) is 22.1 Å². The van der Waals surface area contributed by atoms with Crippen LogP contribution in [0.4, 0.5) is 17.5 Å². The van der Waals surface area contributed by atoms with Crippen molar-refractivity contribution in [3.8, 4) is 0 Å². The summed E-state index contributed by atoms with van der Waals surface area (Å²) in [6.45, 7) is 6.06. The van der Waals surface area contributed by atoms with Crippen molar-refractivity contribution in [2.24, 2.45) is 17.6 Å². The van der Waals surface area contributed by atoms with Crippen LogP contribution in [-0.4, -0.2) is 36.9 Å². The van der Waals surface area contributed by atoms with E-state index in [1.165, 1.54) is 0 Å². The monoisotopic (exact) mass is 432 g/mol. The number of primary amides is 1. The predicted octanol–water partition coefficient (Wildman–Crippen LogP) is 4.08. The number of amides is 1. The van der Waals surface area contributed by atoms with Crippen LogP contribution in [0.15, 0.2) is 48.9 Å². The number of anilines is 3. The van der Waals surface area contributed by atoms with Crippen LogP contribution in [0.1, 0.15) is 27.2 Å². The summed E-state index contributed by atoms with van der Waals surface area (Å²) in [7, 11) is 0. The molecule has 0 aliphatic heterocycles. The Kier molecular flexibility index (Phi) is 6.07. The topological polar surface area (TPSA) is 137 Å². The van der Waals surface area contributed by atoms with Crippen molar-refractivity contribution < 1.29 is 4.79 Å². The summed E-state index contributed by atoms with van der Waals surface area (Å²) in [6, 6.07) is 7.82. The van der Waals surface area contributed by atoms with Gasteiger partial charge in [-0.3, -0.25) is 4.79 Å². The molecule has 9 nitrogen and oxygen atoms in total. The van der Waals surface area contributed by atoms with Crippen LogP contribution in [0.5, 0.6) is 0 Å². The minimum absolute atomic E-state index is 0.122. The predicted molar refractivity (Wildman–Crippen MR) is 128 cm³/mol. The molecule has 1 aliphatic rings. The normalized spacial score (nSPS) is 20.0. The molecule has 0 fully saturated rings. The van der Waals surface area contributed by atoms with E-state index in [1.54, 1.807) is 6.33 Å². The molecule has 1 aliphatic carbocycles. The van der Waals surface area contributed by atoms with E-state index in [1.807, 2.05) is 50.4 Å². The molecular weight excluding hydrogens is 404 g/mol. The molecular formula is C23H28N8O. The van der Waals surface area contributed by atoms with Crippen LogP contribution in [0.2, 0.25) is 0 Å². The Morgan fingerprint density at radius 3 is 2.84 bits per heavy atom. The number of rotatable bonds is 5. The number of aromatic amines is 2. The highest BCUT2D eigenvalue weighted by atomic mass is 16.1. The highest BCUT2D eigenvalue weighted by Crippen LogP contribution is 2.29. The minimum atomic E-state index is -0.322. The molecule has 166 valence electrons. The molecule has 3 heterocycles. The number of hydrogen-bond acceptors (Lipinski definition) is 6. The summed E-state index contributed by atoms with van der Waals surface area (Å²) in [5.74, 6) is 0.487. The molecule has 0 saturated carbocycles. The summed E-state index contributed by atoms with van der Waals surface area (Å²) < 4.78 is 0. The zero-order valence-corrected chi connectivity index (χ0v) is 18.4. The second kappa shape index (κ2) is 9.09. The quantitative estimate of drug-likeness (QED) is 0.301. The molecule has 4 aromatic rings. The molecule has 3 aromatic heterocycles. The lowest BCUT2D eigenvalue weighted by molar-refractivity contribution is -0.122. The molecule has 5 rings (SSSR count). The second-order valence-corrected chi connectivity index (χ2v) is 7.60. The van der Waals surface area contributed by atoms with Crippen LogP contribution < -0.4 is 16.4 Å². The van der Waals surface area contributed by atoms with Gasteiger partial charge < -0.3 is 26.3 Å². The molecule has 1 amide bonds. The number of aromatic nitrogens is 5. The number of imidazole rings is 1. The van der Waals surface area contributed by atoms with Gasteiger partial charge in [-0.05, 0) is 36.6 Å². The highest BCUT2D eigenvalue weighted by Gasteiger charge is 2.32. The third-order valence-corrected chi connectivity index (χ3v) is 5.59. The maximum atomic E-state index is 12.0. The van der Waals surface area contributed by atoms with Crippen LogP contribution in [0.3, 0.4) is 0 Å². The Hall–Kier alpha value is -3.88. The average Bonchev–Trinajstić information content (AvgIpc) is 3.45. The lowest BCUT2D eigenvalue weighted by Gasteiger charge is -2.32. The number of carbonyl (C=O) groups is 1. The van der Waals surface area contributed by atoms with Gasteiger partial charge in [-0.1, -0.05) is 32.9 Å². The van der Waals surface area contributed by atoms with Gasteiger partial charge >= 0.3 is 0 Å². The molecule has 9 heteroatoms. The third-order valence-electron chi connectivity index (χ3n) is 5.59. The van der Waals surface area contributed by atoms with Crippen LogP contribution in [0, 0.1) is 11.8 Å². The first-order valence-electron chi connectivity index (χ1n) is 10.9. The van der Waals surface area contributed by atoms with Gasteiger partial charge in [0.05, 0.1) is 12.2 Å². The number of allylic oxidation sites excluding steroid dienone is 1. The fourth-order valence-corrected chi connectivity index (χ4v) is 4.01. The molecule has 6 N–H and O–H groups in total. The smallest absolute Gasteiger partial charge is 0.231 e. The van der Waals surface area contributed by atoms with Crippen molar-refractivity contribution in [2.45, 2.75) is 33.2 Å². The summed E-state index contributed by atoms with van der Waals surface area (Å²) in [5, 5.41) is 7.77. The average molecular weight is 433 g/mol. The molecule has 0 spiro atoms. The second-order valence-electron chi connectivity index (χ2n) is 7.60. The van der Waals surface area contributed by atoms with Gasteiger partial charge in [0.2, 0.25) is 11.9 Å². The van der Waals surface area contributed by atoms with Gasteiger partial charge in [0.1, 0.15) is 5.52 Å². The van der Waals surface area contributed by atoms with E-state index in [9.17, 15) is 4.79 Å². The zero-order chi connectivity index (χ0) is 22.7. The lowest BCUT2D eigenvalue weighted by atomic mass is 9.82. The summed E-state index contributed by atoms with van der Waals surface area (Å²) in [6.07, 6.45) is 8.19. The molecule has 32 heavy (non-hydrogen) atoms. The third kappa shape index (κ3) is 4.14. The number of fused-ring (bicyclic) bond motifs is 2. The fraction of sp³-hybridized carbons (Fsp3) is 0.304. The maximum absolute atomic E-state index is 12.0. The van der Waals surface area contributed by atoms with Crippen molar-refractivity contribution in [2.75, 3.05) is 10.6 Å². The number of nitrogens with zero attached hydrogens (tertiary/aromatic N) is 3. The van der Waals surface area contributed by atoms with E-state index in [-0.39, 0.29) is 23.8 Å². The van der Waals surface area contributed by atoms with E-state index in [4.69, 9.17) is 5.73 Å². The Labute approximate surface area is 185 Å². The molecule has 3 unspecified atom stereocenters. The number of hydrogen-bond donors (Lipinski definition) is 5. The molecule has 0 radical (unpaired) electrons.